The van der Waals surface area contributed by atoms with E-state index < -0.39 is 0 Å². The normalized spacial score (nSPS) is 29.1. The van der Waals surface area contributed by atoms with Gasteiger partial charge in [-0.25, -0.2) is 4.39 Å². The van der Waals surface area contributed by atoms with E-state index in [1.165, 1.54) is 18.6 Å². The molecule has 2 atom stereocenters. The molecule has 114 valence electrons. The molecule has 1 aromatic carbocycles. The lowest BCUT2D eigenvalue weighted by Gasteiger charge is -2.37. The van der Waals surface area contributed by atoms with Crippen LogP contribution in [0.4, 0.5) is 4.39 Å². The van der Waals surface area contributed by atoms with Gasteiger partial charge >= 0.3 is 0 Å². The molecule has 1 aromatic rings. The van der Waals surface area contributed by atoms with Gasteiger partial charge in [-0.2, -0.15) is 0 Å². The molecule has 0 aromatic heterocycles. The Labute approximate surface area is 125 Å². The Hall–Kier alpha value is -1.38. The van der Waals surface area contributed by atoms with Crippen LogP contribution in [0.2, 0.25) is 0 Å². The third-order valence-electron chi connectivity index (χ3n) is 5.17. The van der Waals surface area contributed by atoms with Crippen LogP contribution in [0.5, 0.6) is 5.75 Å². The Balaban J connectivity index is 1.84. The van der Waals surface area contributed by atoms with Crippen molar-refractivity contribution in [3.8, 4) is 5.75 Å². The van der Waals surface area contributed by atoms with E-state index in [0.29, 0.717) is 23.7 Å². The summed E-state index contributed by atoms with van der Waals surface area (Å²) in [5.74, 6) is 1.62. The number of Topliss-reactive ketones (excluding diaryl/α,β-unsaturated/α-hetero) is 1. The summed E-state index contributed by atoms with van der Waals surface area (Å²) in [6, 6.07) is 4.28. The molecule has 1 saturated carbocycles. The highest BCUT2D eigenvalue weighted by molar-refractivity contribution is 6.00. The molecule has 2 aliphatic rings. The van der Waals surface area contributed by atoms with Gasteiger partial charge < -0.3 is 4.74 Å². The summed E-state index contributed by atoms with van der Waals surface area (Å²) in [5, 5.41) is 0. The fourth-order valence-electron chi connectivity index (χ4n) is 3.82. The van der Waals surface area contributed by atoms with Crippen LogP contribution in [0.25, 0.3) is 0 Å². The Morgan fingerprint density at radius 1 is 1.29 bits per heavy atom. The molecule has 1 aliphatic heterocycles. The number of carbonyl (C=O) groups excluding carboxylic acids is 1. The number of benzene rings is 1. The monoisotopic (exact) mass is 290 g/mol. The molecule has 21 heavy (non-hydrogen) atoms. The van der Waals surface area contributed by atoms with Crippen LogP contribution in [-0.4, -0.2) is 11.4 Å². The van der Waals surface area contributed by atoms with E-state index in [1.807, 2.05) is 0 Å². The van der Waals surface area contributed by atoms with E-state index in [-0.39, 0.29) is 17.2 Å². The van der Waals surface area contributed by atoms with Crippen molar-refractivity contribution < 1.29 is 13.9 Å². The Bertz CT molecular complexity index is 552. The Kier molecular flexibility index (Phi) is 3.76. The lowest BCUT2D eigenvalue weighted by atomic mass is 9.83. The van der Waals surface area contributed by atoms with E-state index in [9.17, 15) is 9.18 Å². The molecule has 3 heteroatoms. The van der Waals surface area contributed by atoms with Crippen molar-refractivity contribution in [1.82, 2.24) is 0 Å². The molecule has 0 N–H and O–H groups in total. The molecule has 2 unspecified atom stereocenters. The summed E-state index contributed by atoms with van der Waals surface area (Å²) in [6.45, 7) is 4.54. The second-order valence-corrected chi connectivity index (χ2v) is 6.96. The number of ketones is 1. The van der Waals surface area contributed by atoms with Gasteiger partial charge in [0.1, 0.15) is 17.2 Å². The van der Waals surface area contributed by atoms with Crippen molar-refractivity contribution in [2.45, 2.75) is 58.0 Å². The molecule has 0 amide bonds. The van der Waals surface area contributed by atoms with Gasteiger partial charge in [-0.15, -0.1) is 0 Å². The van der Waals surface area contributed by atoms with Crippen molar-refractivity contribution in [1.29, 1.82) is 0 Å². The maximum atomic E-state index is 13.3. The molecule has 1 fully saturated rings. The maximum absolute atomic E-state index is 13.3. The quantitative estimate of drug-likeness (QED) is 0.745. The fourth-order valence-corrected chi connectivity index (χ4v) is 3.82. The summed E-state index contributed by atoms with van der Waals surface area (Å²) in [5.41, 5.74) is 0.0521. The average molecular weight is 290 g/mol. The van der Waals surface area contributed by atoms with Crippen LogP contribution in [0.3, 0.4) is 0 Å². The first kappa shape index (κ1) is 14.6. The first-order valence-corrected chi connectivity index (χ1v) is 8.01. The number of rotatable bonds is 1. The minimum absolute atomic E-state index is 0.0266. The number of hydrogen-bond donors (Lipinski definition) is 0. The smallest absolute Gasteiger partial charge is 0.170 e. The number of hydrogen-bond acceptors (Lipinski definition) is 2. The minimum atomic E-state index is -0.373. The zero-order valence-corrected chi connectivity index (χ0v) is 12.8. The molecule has 0 saturated heterocycles. The Morgan fingerprint density at radius 3 is 2.86 bits per heavy atom. The highest BCUT2D eigenvalue weighted by atomic mass is 19.1. The largest absolute Gasteiger partial charge is 0.486 e. The van der Waals surface area contributed by atoms with Gasteiger partial charge in [-0.1, -0.05) is 20.3 Å². The van der Waals surface area contributed by atoms with Crippen LogP contribution in [0.1, 0.15) is 62.7 Å². The molecule has 2 nitrogen and oxygen atoms in total. The van der Waals surface area contributed by atoms with Crippen LogP contribution >= 0.6 is 0 Å². The van der Waals surface area contributed by atoms with Gasteiger partial charge in [-0.3, -0.25) is 4.79 Å². The first-order valence-electron chi connectivity index (χ1n) is 8.01. The van der Waals surface area contributed by atoms with Gasteiger partial charge in [0.05, 0.1) is 12.0 Å². The molecule has 1 aliphatic carbocycles. The molecule has 1 heterocycles. The third kappa shape index (κ3) is 2.83. The molecule has 1 spiro atoms. The lowest BCUT2D eigenvalue weighted by molar-refractivity contribution is 0.0284. The van der Waals surface area contributed by atoms with Gasteiger partial charge in [0, 0.05) is 0 Å². The predicted octanol–water partition coefficient (Wildman–Crippen LogP) is 4.77. The van der Waals surface area contributed by atoms with Crippen LogP contribution in [-0.2, 0) is 0 Å². The molecule has 0 radical (unpaired) electrons. The molecular formula is C18H23FO2. The summed E-state index contributed by atoms with van der Waals surface area (Å²) >= 11 is 0. The second-order valence-electron chi connectivity index (χ2n) is 6.96. The maximum Gasteiger partial charge on any atom is 0.170 e. The number of carbonyl (C=O) groups is 1. The van der Waals surface area contributed by atoms with E-state index in [0.717, 1.165) is 31.6 Å². The summed E-state index contributed by atoms with van der Waals surface area (Å²) < 4.78 is 19.5. The molecule has 3 rings (SSSR count). The van der Waals surface area contributed by atoms with Crippen LogP contribution < -0.4 is 4.74 Å². The Morgan fingerprint density at radius 2 is 2.10 bits per heavy atom. The topological polar surface area (TPSA) is 26.3 Å². The van der Waals surface area contributed by atoms with Gasteiger partial charge in [0.25, 0.3) is 0 Å². The van der Waals surface area contributed by atoms with Crippen molar-refractivity contribution in [2.24, 2.45) is 11.8 Å². The van der Waals surface area contributed by atoms with Crippen LogP contribution in [0, 0.1) is 17.7 Å². The number of halogens is 1. The fraction of sp³-hybridized carbons (Fsp3) is 0.611. The van der Waals surface area contributed by atoms with Gasteiger partial charge in [-0.05, 0) is 55.7 Å². The summed E-state index contributed by atoms with van der Waals surface area (Å²) in [6.07, 6.45) is 5.69. The summed E-state index contributed by atoms with van der Waals surface area (Å²) in [4.78, 5) is 12.4. The zero-order valence-electron chi connectivity index (χ0n) is 12.8. The first-order chi connectivity index (χ1) is 9.99. The highest BCUT2D eigenvalue weighted by Gasteiger charge is 2.42. The SMILES string of the molecule is CC(C)C1CCCC2(CC1)CC(=O)c1cc(F)ccc1O2. The lowest BCUT2D eigenvalue weighted by Crippen LogP contribution is -2.41. The summed E-state index contributed by atoms with van der Waals surface area (Å²) in [7, 11) is 0. The van der Waals surface area contributed by atoms with Crippen molar-refractivity contribution in [3.63, 3.8) is 0 Å². The molecule has 0 bridgehead atoms. The van der Waals surface area contributed by atoms with E-state index in [1.54, 1.807) is 6.07 Å². The molecular weight excluding hydrogens is 267 g/mol. The number of ether oxygens (including phenoxy) is 1. The van der Waals surface area contributed by atoms with Gasteiger partial charge in [0.15, 0.2) is 5.78 Å². The highest BCUT2D eigenvalue weighted by Crippen LogP contribution is 2.43. The van der Waals surface area contributed by atoms with Gasteiger partial charge in [0.2, 0.25) is 0 Å². The second kappa shape index (κ2) is 5.43. The third-order valence-corrected chi connectivity index (χ3v) is 5.17. The predicted molar refractivity (Wildman–Crippen MR) is 80.1 cm³/mol. The van der Waals surface area contributed by atoms with Crippen molar-refractivity contribution >= 4 is 5.78 Å². The minimum Gasteiger partial charge on any atom is -0.486 e. The van der Waals surface area contributed by atoms with Crippen molar-refractivity contribution in [3.05, 3.63) is 29.6 Å². The van der Waals surface area contributed by atoms with Crippen molar-refractivity contribution in [2.75, 3.05) is 0 Å². The number of fused-ring (bicyclic) bond motifs is 1. The van der Waals surface area contributed by atoms with E-state index in [2.05, 4.69) is 13.8 Å². The standard InChI is InChI=1S/C18H23FO2/c1-12(2)13-4-3-8-18(9-7-13)11-16(20)15-10-14(19)5-6-17(15)21-18/h5-6,10,12-13H,3-4,7-9,11H2,1-2H3. The zero-order chi connectivity index (χ0) is 15.0. The van der Waals surface area contributed by atoms with Crippen LogP contribution in [0.15, 0.2) is 18.2 Å². The van der Waals surface area contributed by atoms with E-state index >= 15 is 0 Å². The average Bonchev–Trinajstić information content (AvgIpc) is 2.63. The van der Waals surface area contributed by atoms with E-state index in [4.69, 9.17) is 4.74 Å².